The van der Waals surface area contributed by atoms with Gasteiger partial charge in [0.05, 0.1) is 5.97 Å². The molecule has 2 aromatic rings. The third kappa shape index (κ3) is 4.71. The van der Waals surface area contributed by atoms with Crippen LogP contribution in [0.3, 0.4) is 0 Å². The number of carboxylic acids is 1. The molecule has 0 bridgehead atoms. The molecule has 0 spiro atoms. The van der Waals surface area contributed by atoms with Crippen LogP contribution in [0, 0.1) is 6.92 Å². The summed E-state index contributed by atoms with van der Waals surface area (Å²) >= 11 is 3.34. The summed E-state index contributed by atoms with van der Waals surface area (Å²) in [6, 6.07) is 12.6. The first-order chi connectivity index (χ1) is 9.47. The molecular formula is C16H13BrNNaO2. The van der Waals surface area contributed by atoms with E-state index in [4.69, 9.17) is 5.73 Å². The summed E-state index contributed by atoms with van der Waals surface area (Å²) in [6.07, 6.45) is 1.56. The number of halogens is 1. The van der Waals surface area contributed by atoms with E-state index in [1.807, 2.05) is 37.3 Å². The van der Waals surface area contributed by atoms with Crippen LogP contribution in [0.1, 0.15) is 16.7 Å². The zero-order valence-electron chi connectivity index (χ0n) is 11.9. The Bertz CT molecular complexity index is 681. The molecule has 0 unspecified atom stereocenters. The normalized spacial score (nSPS) is 10.9. The number of carboxylic acid groups (broad SMARTS) is 1. The maximum absolute atomic E-state index is 11.4. The minimum absolute atomic E-state index is 0. The maximum atomic E-state index is 11.4. The summed E-state index contributed by atoms with van der Waals surface area (Å²) in [5.41, 5.74) is 8.56. The first-order valence-corrected chi connectivity index (χ1v) is 6.82. The summed E-state index contributed by atoms with van der Waals surface area (Å²) in [7, 11) is 0. The van der Waals surface area contributed by atoms with Gasteiger partial charge in [0.25, 0.3) is 0 Å². The van der Waals surface area contributed by atoms with Crippen LogP contribution in [0.4, 0.5) is 5.69 Å². The molecule has 0 atom stereocenters. The van der Waals surface area contributed by atoms with Crippen molar-refractivity contribution in [1.82, 2.24) is 0 Å². The quantitative estimate of drug-likeness (QED) is 0.354. The summed E-state index contributed by atoms with van der Waals surface area (Å²) < 4.78 is 0.930. The van der Waals surface area contributed by atoms with Crippen LogP contribution in [-0.4, -0.2) is 5.97 Å². The van der Waals surface area contributed by atoms with Crippen molar-refractivity contribution in [3.05, 3.63) is 63.6 Å². The first kappa shape index (κ1) is 18.0. The summed E-state index contributed by atoms with van der Waals surface area (Å²) in [5, 5.41) is 11.4. The van der Waals surface area contributed by atoms with Gasteiger partial charge >= 0.3 is 29.6 Å². The third-order valence-corrected chi connectivity index (χ3v) is 3.43. The van der Waals surface area contributed by atoms with Gasteiger partial charge in [-0.15, -0.1) is 0 Å². The fourth-order valence-electron chi connectivity index (χ4n) is 1.88. The number of aliphatic carboxylic acids is 1. The molecule has 2 N–H and O–H groups in total. The van der Waals surface area contributed by atoms with E-state index in [-0.39, 0.29) is 35.1 Å². The van der Waals surface area contributed by atoms with Crippen molar-refractivity contribution in [2.24, 2.45) is 0 Å². The minimum Gasteiger partial charge on any atom is -0.545 e. The summed E-state index contributed by atoms with van der Waals surface area (Å²) in [4.78, 5) is 11.4. The van der Waals surface area contributed by atoms with Crippen LogP contribution in [0.25, 0.3) is 11.6 Å². The minimum atomic E-state index is -1.25. The number of hydrogen-bond acceptors (Lipinski definition) is 3. The Hall–Kier alpha value is -1.07. The molecule has 0 saturated carbocycles. The second-order valence-corrected chi connectivity index (χ2v) is 5.40. The molecule has 0 saturated heterocycles. The fourth-order valence-corrected chi connectivity index (χ4v) is 2.14. The number of carbonyl (C=O) groups is 1. The fraction of sp³-hybridized carbons (Fsp3) is 0.0625. The molecule has 0 aliphatic rings. The van der Waals surface area contributed by atoms with Crippen LogP contribution in [0.15, 0.2) is 46.9 Å². The van der Waals surface area contributed by atoms with Gasteiger partial charge < -0.3 is 15.6 Å². The van der Waals surface area contributed by atoms with Crippen molar-refractivity contribution in [3.8, 4) is 0 Å². The molecule has 3 nitrogen and oxygen atoms in total. The molecular weight excluding hydrogens is 341 g/mol. The smallest absolute Gasteiger partial charge is 0.545 e. The number of benzene rings is 2. The van der Waals surface area contributed by atoms with E-state index < -0.39 is 5.97 Å². The maximum Gasteiger partial charge on any atom is 1.00 e. The van der Waals surface area contributed by atoms with E-state index in [0.29, 0.717) is 11.3 Å². The van der Waals surface area contributed by atoms with E-state index >= 15 is 0 Å². The average molecular weight is 354 g/mol. The number of hydrogen-bond donors (Lipinski definition) is 1. The van der Waals surface area contributed by atoms with Crippen LogP contribution in [-0.2, 0) is 4.79 Å². The third-order valence-electron chi connectivity index (χ3n) is 2.90. The monoisotopic (exact) mass is 353 g/mol. The van der Waals surface area contributed by atoms with Gasteiger partial charge in [0.1, 0.15) is 0 Å². The number of rotatable bonds is 3. The Labute approximate surface area is 154 Å². The second kappa shape index (κ2) is 7.80. The van der Waals surface area contributed by atoms with E-state index in [1.165, 1.54) is 0 Å². The second-order valence-electron chi connectivity index (χ2n) is 4.49. The van der Waals surface area contributed by atoms with E-state index in [2.05, 4.69) is 15.9 Å². The van der Waals surface area contributed by atoms with Crippen LogP contribution in [0.5, 0.6) is 0 Å². The van der Waals surface area contributed by atoms with Crippen molar-refractivity contribution < 1.29 is 39.5 Å². The van der Waals surface area contributed by atoms with Crippen LogP contribution >= 0.6 is 15.9 Å². The number of carbonyl (C=O) groups excluding carboxylic acids is 1. The van der Waals surface area contributed by atoms with E-state index in [9.17, 15) is 9.90 Å². The summed E-state index contributed by atoms with van der Waals surface area (Å²) in [6.45, 7) is 1.88. The predicted molar refractivity (Wildman–Crippen MR) is 82.6 cm³/mol. The van der Waals surface area contributed by atoms with Crippen molar-refractivity contribution in [3.63, 3.8) is 0 Å². The molecule has 0 radical (unpaired) electrons. The van der Waals surface area contributed by atoms with E-state index in [1.54, 1.807) is 18.2 Å². The molecule has 102 valence electrons. The molecule has 0 aliphatic carbocycles. The van der Waals surface area contributed by atoms with Crippen LogP contribution < -0.4 is 40.4 Å². The largest absolute Gasteiger partial charge is 1.00 e. The van der Waals surface area contributed by atoms with Gasteiger partial charge in [0, 0.05) is 21.3 Å². The molecule has 0 heterocycles. The van der Waals surface area contributed by atoms with Crippen molar-refractivity contribution >= 4 is 39.2 Å². The van der Waals surface area contributed by atoms with E-state index in [0.717, 1.165) is 15.6 Å². The molecule has 5 heteroatoms. The zero-order chi connectivity index (χ0) is 14.7. The Morgan fingerprint density at radius 1 is 1.19 bits per heavy atom. The number of nitrogens with two attached hydrogens (primary N) is 1. The zero-order valence-corrected chi connectivity index (χ0v) is 15.5. The van der Waals surface area contributed by atoms with Crippen molar-refractivity contribution in [1.29, 1.82) is 0 Å². The van der Waals surface area contributed by atoms with Crippen LogP contribution in [0.2, 0.25) is 0 Å². The standard InChI is InChI=1S/C16H14BrNO2.Na/c1-10-2-7-15(18)13(8-10)14(16(19)20)9-11-3-5-12(17)6-4-11;/h2-9H,18H2,1H3,(H,19,20);/q;+1/p-1/b14-9+;. The van der Waals surface area contributed by atoms with Crippen molar-refractivity contribution in [2.75, 3.05) is 5.73 Å². The Morgan fingerprint density at radius 2 is 1.81 bits per heavy atom. The molecule has 0 aliphatic heterocycles. The number of aryl methyl sites for hydroxylation is 1. The molecule has 2 aromatic carbocycles. The summed E-state index contributed by atoms with van der Waals surface area (Å²) in [5.74, 6) is -1.25. The van der Waals surface area contributed by atoms with Gasteiger partial charge in [-0.1, -0.05) is 39.7 Å². The first-order valence-electron chi connectivity index (χ1n) is 6.02. The molecule has 0 amide bonds. The van der Waals surface area contributed by atoms with Gasteiger partial charge in [-0.25, -0.2) is 0 Å². The Morgan fingerprint density at radius 3 is 2.38 bits per heavy atom. The Balaban J connectivity index is 0.00000220. The molecule has 0 aromatic heterocycles. The number of anilines is 1. The van der Waals surface area contributed by atoms with Crippen molar-refractivity contribution in [2.45, 2.75) is 6.92 Å². The molecule has 21 heavy (non-hydrogen) atoms. The predicted octanol–water partition coefficient (Wildman–Crippen LogP) is -0.366. The van der Waals surface area contributed by atoms with Gasteiger partial charge in [-0.3, -0.25) is 0 Å². The topological polar surface area (TPSA) is 66.2 Å². The van der Waals surface area contributed by atoms with Gasteiger partial charge in [0.15, 0.2) is 0 Å². The van der Waals surface area contributed by atoms with Gasteiger partial charge in [-0.05, 0) is 42.8 Å². The average Bonchev–Trinajstić information content (AvgIpc) is 2.41. The SMILES string of the molecule is Cc1ccc(N)c(/C(=C\c2ccc(Br)cc2)C(=O)[O-])c1.[Na+]. The Kier molecular flexibility index (Phi) is 6.68. The molecule has 0 fully saturated rings. The van der Waals surface area contributed by atoms with Gasteiger partial charge in [0.2, 0.25) is 0 Å². The number of nitrogen functional groups attached to an aromatic ring is 1. The molecule has 2 rings (SSSR count). The van der Waals surface area contributed by atoms with Gasteiger partial charge in [-0.2, -0.15) is 0 Å².